The molecule has 1 saturated heterocycles. The molecular weight excluding hydrogens is 232 g/mol. The average molecular weight is 266 g/mol. The van der Waals surface area contributed by atoms with E-state index < -0.39 is 0 Å². The molecular formula is C17H34N2. The summed E-state index contributed by atoms with van der Waals surface area (Å²) in [5, 5.41) is 3.78. The first-order valence-corrected chi connectivity index (χ1v) is 8.49. The molecule has 0 aromatic rings. The molecule has 19 heavy (non-hydrogen) atoms. The summed E-state index contributed by atoms with van der Waals surface area (Å²) in [6.45, 7) is 13.4. The smallest absolute Gasteiger partial charge is 0.0249 e. The van der Waals surface area contributed by atoms with Crippen LogP contribution in [0.25, 0.3) is 0 Å². The number of hydrogen-bond acceptors (Lipinski definition) is 2. The highest BCUT2D eigenvalue weighted by atomic mass is 15.2. The van der Waals surface area contributed by atoms with E-state index in [0.717, 1.165) is 18.0 Å². The molecule has 1 N–H and O–H groups in total. The minimum atomic E-state index is 0.502. The molecule has 0 radical (unpaired) electrons. The lowest BCUT2D eigenvalue weighted by atomic mass is 9.75. The van der Waals surface area contributed by atoms with Crippen molar-refractivity contribution >= 4 is 0 Å². The summed E-state index contributed by atoms with van der Waals surface area (Å²) in [7, 11) is 0. The predicted octanol–water partition coefficient (Wildman–Crippen LogP) is 3.67. The van der Waals surface area contributed by atoms with Crippen LogP contribution in [0.15, 0.2) is 0 Å². The lowest BCUT2D eigenvalue weighted by Crippen LogP contribution is -2.50. The summed E-state index contributed by atoms with van der Waals surface area (Å²) in [6, 6.07) is 1.60. The number of piperidine rings is 1. The van der Waals surface area contributed by atoms with Crippen LogP contribution in [0, 0.1) is 11.3 Å². The Labute approximate surface area is 120 Å². The maximum Gasteiger partial charge on any atom is 0.0249 e. The molecule has 2 rings (SSSR count). The Bertz CT molecular complexity index is 261. The molecule has 1 aliphatic heterocycles. The van der Waals surface area contributed by atoms with E-state index in [-0.39, 0.29) is 0 Å². The molecule has 2 fully saturated rings. The third kappa shape index (κ3) is 3.95. The largest absolute Gasteiger partial charge is 0.312 e. The van der Waals surface area contributed by atoms with Crippen LogP contribution in [-0.2, 0) is 0 Å². The molecule has 2 aliphatic rings. The number of nitrogens with zero attached hydrogens (tertiary/aromatic N) is 1. The Hall–Kier alpha value is -0.0800. The van der Waals surface area contributed by atoms with Gasteiger partial charge in [0.1, 0.15) is 0 Å². The quantitative estimate of drug-likeness (QED) is 0.835. The Kier molecular flexibility index (Phi) is 5.30. The van der Waals surface area contributed by atoms with Gasteiger partial charge in [-0.05, 0) is 63.1 Å². The molecule has 0 amide bonds. The first-order valence-electron chi connectivity index (χ1n) is 8.49. The fraction of sp³-hybridized carbons (Fsp3) is 1.00. The zero-order valence-electron chi connectivity index (χ0n) is 13.5. The van der Waals surface area contributed by atoms with E-state index in [2.05, 4.69) is 37.9 Å². The Morgan fingerprint density at radius 1 is 1.05 bits per heavy atom. The van der Waals surface area contributed by atoms with Gasteiger partial charge in [-0.2, -0.15) is 0 Å². The molecule has 0 aromatic heterocycles. The van der Waals surface area contributed by atoms with E-state index >= 15 is 0 Å². The molecule has 2 heteroatoms. The Balaban J connectivity index is 1.83. The fourth-order valence-corrected chi connectivity index (χ4v) is 4.04. The lowest BCUT2D eigenvalue weighted by molar-refractivity contribution is 0.0750. The summed E-state index contributed by atoms with van der Waals surface area (Å²) >= 11 is 0. The van der Waals surface area contributed by atoms with Gasteiger partial charge in [-0.1, -0.05) is 34.1 Å². The molecule has 1 aliphatic carbocycles. The molecule has 2 atom stereocenters. The SMILES string of the molecule is CCCNC1CCCC1N1CCC(C(C)(C)C)CC1. The monoisotopic (exact) mass is 266 g/mol. The minimum absolute atomic E-state index is 0.502. The molecule has 2 nitrogen and oxygen atoms in total. The van der Waals surface area contributed by atoms with Crippen molar-refractivity contribution in [3.05, 3.63) is 0 Å². The van der Waals surface area contributed by atoms with Crippen LogP contribution in [0.3, 0.4) is 0 Å². The highest BCUT2D eigenvalue weighted by Crippen LogP contribution is 2.36. The van der Waals surface area contributed by atoms with Gasteiger partial charge in [-0.3, -0.25) is 4.90 Å². The van der Waals surface area contributed by atoms with Gasteiger partial charge in [0.2, 0.25) is 0 Å². The maximum absolute atomic E-state index is 3.78. The van der Waals surface area contributed by atoms with E-state index in [9.17, 15) is 0 Å². The number of rotatable bonds is 4. The number of likely N-dealkylation sites (tertiary alicyclic amines) is 1. The van der Waals surface area contributed by atoms with E-state index in [4.69, 9.17) is 0 Å². The van der Waals surface area contributed by atoms with Crippen LogP contribution in [0.1, 0.15) is 66.2 Å². The first kappa shape index (κ1) is 15.3. The zero-order valence-corrected chi connectivity index (χ0v) is 13.5. The van der Waals surface area contributed by atoms with Gasteiger partial charge in [-0.25, -0.2) is 0 Å². The van der Waals surface area contributed by atoms with Crippen molar-refractivity contribution in [1.29, 1.82) is 0 Å². The molecule has 0 spiro atoms. The summed E-state index contributed by atoms with van der Waals surface area (Å²) in [4.78, 5) is 2.79. The minimum Gasteiger partial charge on any atom is -0.312 e. The highest BCUT2D eigenvalue weighted by Gasteiger charge is 2.35. The fourth-order valence-electron chi connectivity index (χ4n) is 4.04. The van der Waals surface area contributed by atoms with Crippen molar-refractivity contribution in [3.63, 3.8) is 0 Å². The van der Waals surface area contributed by atoms with Gasteiger partial charge >= 0.3 is 0 Å². The standard InChI is InChI=1S/C17H34N2/c1-5-11-18-15-7-6-8-16(15)19-12-9-14(10-13-19)17(2,3)4/h14-16,18H,5-13H2,1-4H3. The third-order valence-corrected chi connectivity index (χ3v) is 5.36. The van der Waals surface area contributed by atoms with Crippen LogP contribution >= 0.6 is 0 Å². The topological polar surface area (TPSA) is 15.3 Å². The van der Waals surface area contributed by atoms with Gasteiger partial charge in [0.15, 0.2) is 0 Å². The number of nitrogens with one attached hydrogen (secondary N) is 1. The van der Waals surface area contributed by atoms with Crippen molar-refractivity contribution in [3.8, 4) is 0 Å². The second-order valence-electron chi connectivity index (χ2n) is 7.74. The molecule has 1 heterocycles. The van der Waals surface area contributed by atoms with Crippen LogP contribution in [-0.4, -0.2) is 36.6 Å². The maximum atomic E-state index is 3.78. The van der Waals surface area contributed by atoms with Crippen LogP contribution in [0.5, 0.6) is 0 Å². The number of hydrogen-bond donors (Lipinski definition) is 1. The normalized spacial score (nSPS) is 30.9. The van der Waals surface area contributed by atoms with E-state index in [1.165, 1.54) is 58.2 Å². The van der Waals surface area contributed by atoms with Crippen LogP contribution < -0.4 is 5.32 Å². The third-order valence-electron chi connectivity index (χ3n) is 5.36. The molecule has 112 valence electrons. The predicted molar refractivity (Wildman–Crippen MR) is 83.5 cm³/mol. The van der Waals surface area contributed by atoms with Crippen molar-refractivity contribution in [2.24, 2.45) is 11.3 Å². The van der Waals surface area contributed by atoms with Crippen molar-refractivity contribution in [2.45, 2.75) is 78.3 Å². The van der Waals surface area contributed by atoms with E-state index in [1.54, 1.807) is 0 Å². The van der Waals surface area contributed by atoms with Gasteiger partial charge < -0.3 is 5.32 Å². The van der Waals surface area contributed by atoms with Crippen LogP contribution in [0.2, 0.25) is 0 Å². The van der Waals surface area contributed by atoms with Crippen LogP contribution in [0.4, 0.5) is 0 Å². The summed E-state index contributed by atoms with van der Waals surface area (Å²) in [6.07, 6.45) is 8.30. The van der Waals surface area contributed by atoms with Crippen molar-refractivity contribution in [2.75, 3.05) is 19.6 Å². The lowest BCUT2D eigenvalue weighted by Gasteiger charge is -2.42. The van der Waals surface area contributed by atoms with Gasteiger partial charge in [0, 0.05) is 12.1 Å². The second-order valence-corrected chi connectivity index (χ2v) is 7.74. The summed E-state index contributed by atoms with van der Waals surface area (Å²) in [5.41, 5.74) is 0.502. The molecule has 0 aromatic carbocycles. The van der Waals surface area contributed by atoms with Gasteiger partial charge in [0.25, 0.3) is 0 Å². The second kappa shape index (κ2) is 6.58. The van der Waals surface area contributed by atoms with Crippen molar-refractivity contribution in [1.82, 2.24) is 10.2 Å². The summed E-state index contributed by atoms with van der Waals surface area (Å²) < 4.78 is 0. The summed E-state index contributed by atoms with van der Waals surface area (Å²) in [5.74, 6) is 0.923. The zero-order chi connectivity index (χ0) is 13.9. The van der Waals surface area contributed by atoms with Gasteiger partial charge in [0.05, 0.1) is 0 Å². The van der Waals surface area contributed by atoms with E-state index in [1.807, 2.05) is 0 Å². The first-order chi connectivity index (χ1) is 9.02. The Morgan fingerprint density at radius 3 is 2.32 bits per heavy atom. The van der Waals surface area contributed by atoms with Crippen molar-refractivity contribution < 1.29 is 0 Å². The highest BCUT2D eigenvalue weighted by molar-refractivity contribution is 4.93. The molecule has 2 unspecified atom stereocenters. The van der Waals surface area contributed by atoms with Gasteiger partial charge in [-0.15, -0.1) is 0 Å². The molecule has 1 saturated carbocycles. The van der Waals surface area contributed by atoms with E-state index in [0.29, 0.717) is 5.41 Å². The Morgan fingerprint density at radius 2 is 1.74 bits per heavy atom. The average Bonchev–Trinajstić information content (AvgIpc) is 2.83. The molecule has 0 bridgehead atoms.